The van der Waals surface area contributed by atoms with E-state index >= 15 is 0 Å². The highest BCUT2D eigenvalue weighted by Crippen LogP contribution is 2.43. The Morgan fingerprint density at radius 1 is 1.08 bits per heavy atom. The second-order valence-electron chi connectivity index (χ2n) is 3.04. The van der Waals surface area contributed by atoms with Crippen LogP contribution in [0.25, 0.3) is 0 Å². The molecule has 0 aromatic heterocycles. The zero-order valence-corrected chi connectivity index (χ0v) is 8.12. The van der Waals surface area contributed by atoms with Crippen LogP contribution < -0.4 is 5.30 Å². The third kappa shape index (κ3) is 1.49. The van der Waals surface area contributed by atoms with Crippen molar-refractivity contribution in [1.82, 2.24) is 0 Å². The van der Waals surface area contributed by atoms with E-state index in [0.29, 0.717) is 0 Å². The van der Waals surface area contributed by atoms with E-state index in [1.807, 2.05) is 0 Å². The predicted molar refractivity (Wildman–Crippen MR) is 57.3 cm³/mol. The van der Waals surface area contributed by atoms with Gasteiger partial charge in [-0.3, -0.25) is 0 Å². The van der Waals surface area contributed by atoms with Crippen LogP contribution in [0.15, 0.2) is 53.6 Å². The second-order valence-corrected chi connectivity index (χ2v) is 5.15. The molecule has 1 heteroatoms. The highest BCUT2D eigenvalue weighted by molar-refractivity contribution is 7.71. The predicted octanol–water partition coefficient (Wildman–Crippen LogP) is 2.96. The van der Waals surface area contributed by atoms with Crippen LogP contribution in [0.1, 0.15) is 6.92 Å². The largest absolute Gasteiger partial charge is 0.101 e. The maximum absolute atomic E-state index is 2.39. The van der Waals surface area contributed by atoms with Gasteiger partial charge in [0.1, 0.15) is 5.30 Å². The van der Waals surface area contributed by atoms with Gasteiger partial charge >= 0.3 is 0 Å². The van der Waals surface area contributed by atoms with Gasteiger partial charge in [0.25, 0.3) is 0 Å². The summed E-state index contributed by atoms with van der Waals surface area (Å²) >= 11 is 0. The summed E-state index contributed by atoms with van der Waals surface area (Å²) in [4.78, 5) is 0. The van der Waals surface area contributed by atoms with Crippen LogP contribution in [-0.2, 0) is 0 Å². The molecule has 0 bridgehead atoms. The standard InChI is InChI=1S/C11H11P/c1-10-7-8-12(9-10)11-5-3-2-4-6-11/h2-9H,1H3/p+1. The van der Waals surface area contributed by atoms with Crippen LogP contribution in [0, 0.1) is 0 Å². The second kappa shape index (κ2) is 3.25. The van der Waals surface area contributed by atoms with E-state index in [2.05, 4.69) is 55.0 Å². The van der Waals surface area contributed by atoms with E-state index in [4.69, 9.17) is 0 Å². The van der Waals surface area contributed by atoms with Crippen molar-refractivity contribution in [2.45, 2.75) is 6.92 Å². The molecule has 0 radical (unpaired) electrons. The minimum absolute atomic E-state index is 0.481. The van der Waals surface area contributed by atoms with E-state index in [1.165, 1.54) is 10.9 Å². The summed E-state index contributed by atoms with van der Waals surface area (Å²) in [6.07, 6.45) is 2.22. The van der Waals surface area contributed by atoms with Gasteiger partial charge in [-0.15, -0.1) is 0 Å². The van der Waals surface area contributed by atoms with Crippen LogP contribution in [-0.4, -0.2) is 0 Å². The molecule has 1 aromatic carbocycles. The molecular formula is C11H12P+. The smallest absolute Gasteiger partial charge is 0.0620 e. The molecule has 0 nitrogen and oxygen atoms in total. The van der Waals surface area contributed by atoms with Gasteiger partial charge < -0.3 is 0 Å². The molecule has 1 aliphatic rings. The van der Waals surface area contributed by atoms with Crippen LogP contribution >= 0.6 is 7.92 Å². The lowest BCUT2D eigenvalue weighted by Gasteiger charge is -1.95. The first-order valence-electron chi connectivity index (χ1n) is 4.15. The highest BCUT2D eigenvalue weighted by atomic mass is 31.1. The third-order valence-corrected chi connectivity index (χ3v) is 4.31. The molecule has 0 saturated heterocycles. The van der Waals surface area contributed by atoms with E-state index in [9.17, 15) is 0 Å². The molecule has 12 heavy (non-hydrogen) atoms. The maximum Gasteiger partial charge on any atom is 0.101 e. The van der Waals surface area contributed by atoms with Crippen molar-refractivity contribution < 1.29 is 0 Å². The first-order chi connectivity index (χ1) is 5.86. The number of rotatable bonds is 1. The normalized spacial score (nSPS) is 21.1. The highest BCUT2D eigenvalue weighted by Gasteiger charge is 2.16. The Balaban J connectivity index is 2.29. The van der Waals surface area contributed by atoms with E-state index in [1.54, 1.807) is 0 Å². The van der Waals surface area contributed by atoms with E-state index in [-0.39, 0.29) is 0 Å². The van der Waals surface area contributed by atoms with Gasteiger partial charge in [-0.1, -0.05) is 18.2 Å². The minimum atomic E-state index is -0.481. The van der Waals surface area contributed by atoms with Gasteiger partial charge in [0, 0.05) is 0 Å². The molecule has 0 aliphatic carbocycles. The number of hydrogen-bond acceptors (Lipinski definition) is 0. The van der Waals surface area contributed by atoms with Gasteiger partial charge in [0.2, 0.25) is 0 Å². The average Bonchev–Trinajstić information content (AvgIpc) is 2.54. The summed E-state index contributed by atoms with van der Waals surface area (Å²) in [6.45, 7) is 2.16. The summed E-state index contributed by atoms with van der Waals surface area (Å²) in [6, 6.07) is 10.7. The molecule has 60 valence electrons. The molecule has 2 rings (SSSR count). The third-order valence-electron chi connectivity index (χ3n) is 2.02. The van der Waals surface area contributed by atoms with Gasteiger partial charge in [0.05, 0.1) is 19.6 Å². The quantitative estimate of drug-likeness (QED) is 0.575. The molecule has 1 atom stereocenters. The van der Waals surface area contributed by atoms with Crippen LogP contribution in [0.4, 0.5) is 0 Å². The monoisotopic (exact) mass is 175 g/mol. The van der Waals surface area contributed by atoms with Crippen molar-refractivity contribution in [2.24, 2.45) is 0 Å². The molecule has 0 saturated carbocycles. The molecule has 0 spiro atoms. The maximum atomic E-state index is 2.39. The fourth-order valence-electron chi connectivity index (χ4n) is 1.37. The molecule has 1 aromatic rings. The van der Waals surface area contributed by atoms with Crippen LogP contribution in [0.3, 0.4) is 0 Å². The van der Waals surface area contributed by atoms with Crippen molar-refractivity contribution in [3.8, 4) is 0 Å². The van der Waals surface area contributed by atoms with Crippen molar-refractivity contribution in [3.63, 3.8) is 0 Å². The van der Waals surface area contributed by atoms with E-state index < -0.39 is 7.92 Å². The number of benzene rings is 1. The van der Waals surface area contributed by atoms with Gasteiger partial charge in [0.15, 0.2) is 0 Å². The minimum Gasteiger partial charge on any atom is -0.0620 e. The Hall–Kier alpha value is -0.870. The topological polar surface area (TPSA) is 0 Å². The summed E-state index contributed by atoms with van der Waals surface area (Å²) in [5.74, 6) is 4.73. The molecule has 0 N–H and O–H groups in total. The Labute approximate surface area is 74.4 Å². The number of allylic oxidation sites excluding steroid dienone is 2. The molecule has 0 fully saturated rings. The zero-order valence-electron chi connectivity index (χ0n) is 7.12. The number of hydrogen-bond donors (Lipinski definition) is 0. The van der Waals surface area contributed by atoms with Crippen LogP contribution in [0.5, 0.6) is 0 Å². The van der Waals surface area contributed by atoms with Crippen molar-refractivity contribution >= 4 is 13.2 Å². The average molecular weight is 175 g/mol. The Kier molecular flexibility index (Phi) is 2.10. The molecular weight excluding hydrogens is 163 g/mol. The molecule has 1 aliphatic heterocycles. The molecule has 0 amide bonds. The Bertz CT molecular complexity index is 322. The van der Waals surface area contributed by atoms with Gasteiger partial charge in [-0.25, -0.2) is 0 Å². The lowest BCUT2D eigenvalue weighted by molar-refractivity contribution is 1.58. The zero-order chi connectivity index (χ0) is 8.39. The summed E-state index contributed by atoms with van der Waals surface area (Å²) in [5.41, 5.74) is 1.41. The summed E-state index contributed by atoms with van der Waals surface area (Å²) in [7, 11) is -0.481. The fourth-order valence-corrected chi connectivity index (χ4v) is 3.43. The van der Waals surface area contributed by atoms with Crippen molar-refractivity contribution in [2.75, 3.05) is 0 Å². The van der Waals surface area contributed by atoms with Gasteiger partial charge in [-0.05, 0) is 30.7 Å². The Morgan fingerprint density at radius 3 is 2.42 bits per heavy atom. The first-order valence-corrected chi connectivity index (χ1v) is 5.80. The van der Waals surface area contributed by atoms with Gasteiger partial charge in [-0.2, -0.15) is 0 Å². The lowest BCUT2D eigenvalue weighted by atomic mass is 10.4. The fraction of sp³-hybridized carbons (Fsp3) is 0.0909. The van der Waals surface area contributed by atoms with Crippen molar-refractivity contribution in [1.29, 1.82) is 0 Å². The van der Waals surface area contributed by atoms with E-state index in [0.717, 1.165) is 0 Å². The SMILES string of the molecule is CC1=C[PH+](c2ccccc2)C=C1. The summed E-state index contributed by atoms with van der Waals surface area (Å²) < 4.78 is 0. The lowest BCUT2D eigenvalue weighted by Crippen LogP contribution is -1.93. The Morgan fingerprint density at radius 2 is 1.83 bits per heavy atom. The summed E-state index contributed by atoms with van der Waals surface area (Å²) in [5, 5.41) is 1.48. The van der Waals surface area contributed by atoms with Crippen molar-refractivity contribution in [3.05, 3.63) is 53.6 Å². The molecule has 1 unspecified atom stereocenters. The molecule has 1 heterocycles. The first kappa shape index (κ1) is 7.76. The van der Waals surface area contributed by atoms with Crippen LogP contribution in [0.2, 0.25) is 0 Å².